The van der Waals surface area contributed by atoms with Crippen LogP contribution in [0.2, 0.25) is 0 Å². The Balaban J connectivity index is 1.53. The first-order valence-corrected chi connectivity index (χ1v) is 13.2. The summed E-state index contributed by atoms with van der Waals surface area (Å²) in [5.41, 5.74) is 2.33. The third kappa shape index (κ3) is 3.32. The van der Waals surface area contributed by atoms with Crippen LogP contribution in [0, 0.1) is 16.0 Å². The normalized spacial score (nSPS) is 23.8. The van der Waals surface area contributed by atoms with Crippen LogP contribution < -0.4 is 10.2 Å². The van der Waals surface area contributed by atoms with Crippen LogP contribution in [0.25, 0.3) is 5.57 Å². The molecular weight excluding hydrogens is 522 g/mol. The summed E-state index contributed by atoms with van der Waals surface area (Å²) in [5, 5.41) is 14.3. The minimum Gasteiger partial charge on any atom is -0.461 e. The summed E-state index contributed by atoms with van der Waals surface area (Å²) >= 11 is 0. The molecule has 4 heterocycles. The number of benzene rings is 3. The molecule has 1 N–H and O–H groups in total. The van der Waals surface area contributed by atoms with Gasteiger partial charge in [-0.25, -0.2) is 0 Å². The molecule has 7 rings (SSSR count). The Kier molecular flexibility index (Phi) is 5.34. The van der Waals surface area contributed by atoms with E-state index in [2.05, 4.69) is 5.32 Å². The number of anilines is 2. The van der Waals surface area contributed by atoms with Crippen LogP contribution in [-0.2, 0) is 10.2 Å². The van der Waals surface area contributed by atoms with Crippen LogP contribution in [0.4, 0.5) is 17.1 Å². The van der Waals surface area contributed by atoms with Crippen LogP contribution in [0.5, 0.6) is 0 Å². The molecule has 1 amide bonds. The fourth-order valence-electron chi connectivity index (χ4n) is 6.88. The molecule has 0 radical (unpaired) electrons. The number of rotatable bonds is 5. The second kappa shape index (κ2) is 8.85. The number of para-hydroxylation sites is 2. The molecule has 1 spiro atoms. The summed E-state index contributed by atoms with van der Waals surface area (Å²) in [5.74, 6) is -2.41. The zero-order chi connectivity index (χ0) is 28.5. The molecule has 4 atom stereocenters. The molecule has 9 nitrogen and oxygen atoms in total. The van der Waals surface area contributed by atoms with Gasteiger partial charge in [-0.3, -0.25) is 24.5 Å². The maximum Gasteiger partial charge on any atom is 0.269 e. The van der Waals surface area contributed by atoms with Gasteiger partial charge >= 0.3 is 0 Å². The molecule has 202 valence electrons. The highest BCUT2D eigenvalue weighted by Gasteiger charge is 2.70. The molecule has 0 bridgehead atoms. The number of fused-ring (bicyclic) bond motifs is 6. The number of allylic oxidation sites excluding steroid dienone is 1. The van der Waals surface area contributed by atoms with Gasteiger partial charge in [-0.1, -0.05) is 42.5 Å². The predicted molar refractivity (Wildman–Crippen MR) is 151 cm³/mol. The van der Waals surface area contributed by atoms with E-state index in [0.29, 0.717) is 11.3 Å². The van der Waals surface area contributed by atoms with Gasteiger partial charge < -0.3 is 14.6 Å². The summed E-state index contributed by atoms with van der Waals surface area (Å²) in [6, 6.07) is 21.5. The molecule has 3 aliphatic heterocycles. The summed E-state index contributed by atoms with van der Waals surface area (Å²) in [4.78, 5) is 56.0. The minimum atomic E-state index is -1.46. The zero-order valence-electron chi connectivity index (χ0n) is 21.8. The Hall–Kier alpha value is -5.31. The molecule has 9 heteroatoms. The van der Waals surface area contributed by atoms with Crippen molar-refractivity contribution in [2.75, 3.05) is 10.2 Å². The van der Waals surface area contributed by atoms with Crippen molar-refractivity contribution in [2.45, 2.75) is 24.4 Å². The van der Waals surface area contributed by atoms with E-state index < -0.39 is 39.9 Å². The maximum absolute atomic E-state index is 14.6. The molecule has 0 unspecified atom stereocenters. The van der Waals surface area contributed by atoms with E-state index in [1.807, 2.05) is 60.4 Å². The Labute approximate surface area is 234 Å². The van der Waals surface area contributed by atoms with Crippen LogP contribution in [0.1, 0.15) is 39.0 Å². The van der Waals surface area contributed by atoms with Crippen LogP contribution in [0.3, 0.4) is 0 Å². The summed E-state index contributed by atoms with van der Waals surface area (Å²) < 4.78 is 5.55. The fourth-order valence-corrected chi connectivity index (χ4v) is 6.88. The lowest BCUT2D eigenvalue weighted by atomic mass is 9.64. The van der Waals surface area contributed by atoms with E-state index in [-0.39, 0.29) is 22.9 Å². The molecule has 4 aromatic rings. The lowest BCUT2D eigenvalue weighted by molar-refractivity contribution is -0.384. The Bertz CT molecular complexity index is 1790. The molecule has 1 saturated heterocycles. The van der Waals surface area contributed by atoms with E-state index in [1.54, 1.807) is 12.1 Å². The third-order valence-electron chi connectivity index (χ3n) is 8.56. The van der Waals surface area contributed by atoms with E-state index >= 15 is 0 Å². The summed E-state index contributed by atoms with van der Waals surface area (Å²) in [6.07, 6.45) is 3.35. The Morgan fingerprint density at radius 3 is 2.41 bits per heavy atom. The van der Waals surface area contributed by atoms with E-state index in [4.69, 9.17) is 4.42 Å². The number of nitro benzene ring substituents is 1. The maximum atomic E-state index is 14.6. The Morgan fingerprint density at radius 2 is 1.68 bits per heavy atom. The molecule has 0 aliphatic carbocycles. The van der Waals surface area contributed by atoms with E-state index in [1.165, 1.54) is 36.6 Å². The number of carbonyl (C=O) groups excluding carboxylic acids is 3. The molecule has 1 aromatic heterocycles. The molecule has 41 heavy (non-hydrogen) atoms. The first-order chi connectivity index (χ1) is 19.8. The van der Waals surface area contributed by atoms with Gasteiger partial charge in [-0.2, -0.15) is 0 Å². The average molecular weight is 546 g/mol. The first kappa shape index (κ1) is 24.7. The summed E-state index contributed by atoms with van der Waals surface area (Å²) in [7, 11) is 0. The second-order valence-corrected chi connectivity index (χ2v) is 10.5. The smallest absolute Gasteiger partial charge is 0.269 e. The molecule has 3 aliphatic rings. The van der Waals surface area contributed by atoms with Crippen LogP contribution in [-0.4, -0.2) is 34.5 Å². The van der Waals surface area contributed by atoms with Crippen molar-refractivity contribution in [1.82, 2.24) is 0 Å². The zero-order valence-corrected chi connectivity index (χ0v) is 21.8. The number of ketones is 2. The van der Waals surface area contributed by atoms with Gasteiger partial charge in [0.2, 0.25) is 11.7 Å². The third-order valence-corrected chi connectivity index (χ3v) is 8.56. The first-order valence-electron chi connectivity index (χ1n) is 13.2. The molecule has 3 aromatic carbocycles. The van der Waals surface area contributed by atoms with Gasteiger partial charge in [0.25, 0.3) is 5.69 Å². The highest BCUT2D eigenvalue weighted by atomic mass is 16.6. The number of hydrogen-bond acceptors (Lipinski definition) is 7. The highest BCUT2D eigenvalue weighted by molar-refractivity contribution is 6.18. The number of furan rings is 1. The van der Waals surface area contributed by atoms with Gasteiger partial charge in [-0.15, -0.1) is 0 Å². The largest absolute Gasteiger partial charge is 0.461 e. The number of Topliss-reactive ketones (excluding diaryl/α,β-unsaturated/α-hetero) is 2. The number of nitro groups is 1. The van der Waals surface area contributed by atoms with Crippen molar-refractivity contribution in [2.24, 2.45) is 5.92 Å². The molecule has 0 saturated carbocycles. The van der Waals surface area contributed by atoms with Crippen LogP contribution in [0.15, 0.2) is 102 Å². The van der Waals surface area contributed by atoms with E-state index in [0.717, 1.165) is 16.8 Å². The monoisotopic (exact) mass is 545 g/mol. The van der Waals surface area contributed by atoms with Crippen molar-refractivity contribution in [3.63, 3.8) is 0 Å². The average Bonchev–Trinajstić information content (AvgIpc) is 3.70. The van der Waals surface area contributed by atoms with Crippen molar-refractivity contribution in [3.05, 3.63) is 130 Å². The number of nitrogens with zero attached hydrogens (tertiary/aromatic N) is 2. The van der Waals surface area contributed by atoms with Gasteiger partial charge in [0.15, 0.2) is 11.5 Å². The number of non-ortho nitro benzene ring substituents is 1. The molecular formula is C32H23N3O6. The van der Waals surface area contributed by atoms with Crippen molar-refractivity contribution < 1.29 is 23.7 Å². The Morgan fingerprint density at radius 1 is 0.951 bits per heavy atom. The lowest BCUT2D eigenvalue weighted by Gasteiger charge is -2.39. The van der Waals surface area contributed by atoms with Crippen molar-refractivity contribution >= 4 is 40.1 Å². The van der Waals surface area contributed by atoms with Crippen molar-refractivity contribution in [1.29, 1.82) is 0 Å². The number of amides is 1. The topological polar surface area (TPSA) is 123 Å². The minimum absolute atomic E-state index is 0.0434. The highest BCUT2D eigenvalue weighted by Crippen LogP contribution is 2.58. The second-order valence-electron chi connectivity index (χ2n) is 10.5. The van der Waals surface area contributed by atoms with Gasteiger partial charge in [0, 0.05) is 34.6 Å². The van der Waals surface area contributed by atoms with Crippen LogP contribution >= 0.6 is 0 Å². The SMILES string of the molecule is CC1=C[C@@H]2N(c3ccccc31)[C@@H](C(=O)c1ccc([N+](=O)[O-])cc1)[C@@H](C(=O)c1ccco1)[C@]21C(=O)Nc2ccccc21. The number of hydrogen-bond donors (Lipinski definition) is 1. The van der Waals surface area contributed by atoms with Gasteiger partial charge in [0.05, 0.1) is 23.1 Å². The fraction of sp³-hybridized carbons (Fsp3) is 0.156. The lowest BCUT2D eigenvalue weighted by Crippen LogP contribution is -2.51. The number of carbonyl (C=O) groups is 3. The number of nitrogens with one attached hydrogen (secondary N) is 1. The molecule has 1 fully saturated rings. The van der Waals surface area contributed by atoms with Crippen molar-refractivity contribution in [3.8, 4) is 0 Å². The van der Waals surface area contributed by atoms with E-state index in [9.17, 15) is 24.5 Å². The quantitative estimate of drug-likeness (QED) is 0.201. The standard InChI is InChI=1S/C32H23N3O6/c1-18-17-26-32(22-8-3-4-9-23(22)33-31(32)38)27(30(37)25-11-6-16-41-25)28(34(26)24-10-5-2-7-21(18)24)29(36)19-12-14-20(15-13-19)35(39)40/h2-17,26-28H,1H3,(H,33,38)/t26-,27-,28+,32+/m0/s1. The van der Waals surface area contributed by atoms with Gasteiger partial charge in [-0.05, 0) is 54.5 Å². The summed E-state index contributed by atoms with van der Waals surface area (Å²) in [6.45, 7) is 1.96. The van der Waals surface area contributed by atoms with Gasteiger partial charge in [0.1, 0.15) is 11.5 Å². The predicted octanol–water partition coefficient (Wildman–Crippen LogP) is 5.43.